The summed E-state index contributed by atoms with van der Waals surface area (Å²) in [4.78, 5) is 5.26. The van der Waals surface area contributed by atoms with Crippen LogP contribution in [0.3, 0.4) is 0 Å². The molecule has 0 aliphatic carbocycles. The molecule has 19 heavy (non-hydrogen) atoms. The molecule has 2 aromatic rings. The van der Waals surface area contributed by atoms with Crippen LogP contribution in [-0.4, -0.2) is 12.0 Å². The molecule has 100 valence electrons. The van der Waals surface area contributed by atoms with Crippen molar-refractivity contribution in [3.05, 3.63) is 52.7 Å². The fourth-order valence-electron chi connectivity index (χ4n) is 1.73. The van der Waals surface area contributed by atoms with Gasteiger partial charge in [0.25, 0.3) is 0 Å². The topological polar surface area (TPSA) is 42.1 Å². The molecule has 0 saturated heterocycles. The summed E-state index contributed by atoms with van der Waals surface area (Å²) in [5.41, 5.74) is 6.99. The van der Waals surface area contributed by atoms with Crippen LogP contribution in [-0.2, 0) is 6.54 Å². The van der Waals surface area contributed by atoms with Gasteiger partial charge in [0, 0.05) is 30.4 Å². The predicted octanol–water partition coefficient (Wildman–Crippen LogP) is 3.23. The molecule has 1 aromatic heterocycles. The zero-order chi connectivity index (χ0) is 14.0. The maximum absolute atomic E-state index is 13.6. The van der Waals surface area contributed by atoms with Crippen molar-refractivity contribution in [1.82, 2.24) is 4.98 Å². The minimum absolute atomic E-state index is 0.0555. The Labute approximate surface area is 114 Å². The van der Waals surface area contributed by atoms with Gasteiger partial charge < -0.3 is 10.6 Å². The highest BCUT2D eigenvalue weighted by molar-refractivity contribution is 6.31. The van der Waals surface area contributed by atoms with Gasteiger partial charge in [-0.05, 0) is 23.8 Å². The summed E-state index contributed by atoms with van der Waals surface area (Å²) in [5, 5.41) is 0.531. The summed E-state index contributed by atoms with van der Waals surface area (Å²) in [6.07, 6.45) is 0.968. The third-order valence-corrected chi connectivity index (χ3v) is 3.00. The first-order chi connectivity index (χ1) is 8.97. The molecule has 3 nitrogen and oxygen atoms in total. The minimum Gasteiger partial charge on any atom is -0.399 e. The van der Waals surface area contributed by atoms with Crippen molar-refractivity contribution in [2.75, 3.05) is 17.7 Å². The molecule has 6 heteroatoms. The summed E-state index contributed by atoms with van der Waals surface area (Å²) in [6.45, 7) is 0.319. The van der Waals surface area contributed by atoms with Crippen LogP contribution < -0.4 is 10.6 Å². The first kappa shape index (κ1) is 13.5. The number of benzene rings is 1. The molecule has 0 fully saturated rings. The van der Waals surface area contributed by atoms with Gasteiger partial charge in [-0.25, -0.2) is 13.8 Å². The van der Waals surface area contributed by atoms with Gasteiger partial charge in [-0.15, -0.1) is 0 Å². The zero-order valence-electron chi connectivity index (χ0n) is 10.2. The first-order valence-electron chi connectivity index (χ1n) is 5.53. The molecule has 0 atom stereocenters. The summed E-state index contributed by atoms with van der Waals surface area (Å²) in [7, 11) is 1.64. The van der Waals surface area contributed by atoms with Crippen LogP contribution in [0.25, 0.3) is 0 Å². The Kier molecular flexibility index (Phi) is 3.85. The Hall–Kier alpha value is -1.88. The summed E-state index contributed by atoms with van der Waals surface area (Å²) < 4.78 is 26.4. The first-order valence-corrected chi connectivity index (χ1v) is 5.91. The molecule has 1 heterocycles. The zero-order valence-corrected chi connectivity index (χ0v) is 11.0. The van der Waals surface area contributed by atoms with Crippen molar-refractivity contribution in [2.45, 2.75) is 6.54 Å². The number of hydrogen-bond acceptors (Lipinski definition) is 3. The highest BCUT2D eigenvalue weighted by Gasteiger charge is 2.12. The molecule has 0 aliphatic heterocycles. The van der Waals surface area contributed by atoms with Crippen molar-refractivity contribution < 1.29 is 8.78 Å². The highest BCUT2D eigenvalue weighted by Crippen LogP contribution is 2.23. The van der Waals surface area contributed by atoms with E-state index in [2.05, 4.69) is 4.98 Å². The number of aromatic nitrogens is 1. The van der Waals surface area contributed by atoms with Crippen LogP contribution in [0.2, 0.25) is 5.02 Å². The number of nitrogens with two attached hydrogens (primary N) is 1. The molecule has 0 unspecified atom stereocenters. The summed E-state index contributed by atoms with van der Waals surface area (Å²) in [6, 6.07) is 5.86. The van der Waals surface area contributed by atoms with Gasteiger partial charge in [-0.1, -0.05) is 11.6 Å². The van der Waals surface area contributed by atoms with Crippen LogP contribution in [0.4, 0.5) is 20.3 Å². The lowest BCUT2D eigenvalue weighted by atomic mass is 10.2. The molecule has 0 aliphatic rings. The number of pyridine rings is 1. The second-order valence-electron chi connectivity index (χ2n) is 4.17. The molecule has 1 aromatic carbocycles. The number of nitrogen functional groups attached to an aromatic ring is 1. The van der Waals surface area contributed by atoms with E-state index in [1.807, 2.05) is 0 Å². The Morgan fingerprint density at radius 3 is 2.74 bits per heavy atom. The normalized spacial score (nSPS) is 10.5. The van der Waals surface area contributed by atoms with Crippen LogP contribution in [0.15, 0.2) is 30.5 Å². The van der Waals surface area contributed by atoms with Crippen molar-refractivity contribution in [3.8, 4) is 0 Å². The molecule has 2 rings (SSSR count). The van der Waals surface area contributed by atoms with Gasteiger partial charge in [-0.3, -0.25) is 0 Å². The number of rotatable bonds is 3. The van der Waals surface area contributed by atoms with Crippen molar-refractivity contribution in [2.24, 2.45) is 0 Å². The van der Waals surface area contributed by atoms with Gasteiger partial charge in [0.2, 0.25) is 0 Å². The standard InChI is InChI=1S/C13H12ClF2N3/c1-19(13-12(16)5-9(15)6-18-13)7-8-4-10(17)2-3-11(8)14/h2-6H,7,17H2,1H3. The SMILES string of the molecule is CN(Cc1cc(N)ccc1Cl)c1ncc(F)cc1F. The molecule has 0 spiro atoms. The third-order valence-electron chi connectivity index (χ3n) is 2.63. The van der Waals surface area contributed by atoms with E-state index < -0.39 is 11.6 Å². The number of halogens is 3. The Balaban J connectivity index is 2.25. The van der Waals surface area contributed by atoms with Gasteiger partial charge in [0.15, 0.2) is 11.6 Å². The summed E-state index contributed by atoms with van der Waals surface area (Å²) in [5.74, 6) is -1.38. The van der Waals surface area contributed by atoms with Crippen molar-refractivity contribution in [1.29, 1.82) is 0 Å². The van der Waals surface area contributed by atoms with Crippen LogP contribution >= 0.6 is 11.6 Å². The molecule has 0 bridgehead atoms. The predicted molar refractivity (Wildman–Crippen MR) is 72.1 cm³/mol. The fraction of sp³-hybridized carbons (Fsp3) is 0.154. The molecule has 0 saturated carbocycles. The third kappa shape index (κ3) is 3.12. The van der Waals surface area contributed by atoms with Crippen LogP contribution in [0, 0.1) is 11.6 Å². The van der Waals surface area contributed by atoms with E-state index in [4.69, 9.17) is 17.3 Å². The molecular formula is C13H12ClF2N3. The Bertz CT molecular complexity index is 604. The van der Waals surface area contributed by atoms with E-state index in [1.54, 1.807) is 25.2 Å². The lowest BCUT2D eigenvalue weighted by Crippen LogP contribution is -2.19. The lowest BCUT2D eigenvalue weighted by Gasteiger charge is -2.19. The lowest BCUT2D eigenvalue weighted by molar-refractivity contribution is 0.570. The van der Waals surface area contributed by atoms with E-state index in [0.717, 1.165) is 17.8 Å². The molecular weight excluding hydrogens is 272 g/mol. The molecule has 2 N–H and O–H groups in total. The van der Waals surface area contributed by atoms with E-state index in [-0.39, 0.29) is 5.82 Å². The number of nitrogens with zero attached hydrogens (tertiary/aromatic N) is 2. The van der Waals surface area contributed by atoms with Gasteiger partial charge in [0.1, 0.15) is 5.82 Å². The second-order valence-corrected chi connectivity index (χ2v) is 4.57. The maximum atomic E-state index is 13.6. The average molecular weight is 284 g/mol. The smallest absolute Gasteiger partial charge is 0.168 e. The second kappa shape index (κ2) is 5.40. The Morgan fingerprint density at radius 2 is 2.05 bits per heavy atom. The monoisotopic (exact) mass is 283 g/mol. The molecule has 0 radical (unpaired) electrons. The fourth-order valence-corrected chi connectivity index (χ4v) is 1.91. The van der Waals surface area contributed by atoms with E-state index in [9.17, 15) is 8.78 Å². The quantitative estimate of drug-likeness (QED) is 0.880. The Morgan fingerprint density at radius 1 is 1.32 bits per heavy atom. The van der Waals surface area contributed by atoms with E-state index in [1.165, 1.54) is 4.90 Å². The highest BCUT2D eigenvalue weighted by atomic mass is 35.5. The van der Waals surface area contributed by atoms with Crippen molar-refractivity contribution >= 4 is 23.1 Å². The van der Waals surface area contributed by atoms with Crippen molar-refractivity contribution in [3.63, 3.8) is 0 Å². The van der Waals surface area contributed by atoms with Crippen LogP contribution in [0.5, 0.6) is 0 Å². The minimum atomic E-state index is -0.720. The maximum Gasteiger partial charge on any atom is 0.168 e. The van der Waals surface area contributed by atoms with Gasteiger partial charge in [0.05, 0.1) is 6.20 Å². The van der Waals surface area contributed by atoms with Gasteiger partial charge >= 0.3 is 0 Å². The van der Waals surface area contributed by atoms with E-state index in [0.29, 0.717) is 17.3 Å². The van der Waals surface area contributed by atoms with E-state index >= 15 is 0 Å². The van der Waals surface area contributed by atoms with Crippen LogP contribution in [0.1, 0.15) is 5.56 Å². The number of hydrogen-bond donors (Lipinski definition) is 1. The largest absolute Gasteiger partial charge is 0.399 e. The van der Waals surface area contributed by atoms with Gasteiger partial charge in [-0.2, -0.15) is 0 Å². The number of anilines is 2. The summed E-state index contributed by atoms with van der Waals surface area (Å²) >= 11 is 6.04. The molecule has 0 amide bonds. The average Bonchev–Trinajstić information content (AvgIpc) is 2.33.